The normalized spacial score (nSPS) is 27.3. The van der Waals surface area contributed by atoms with Crippen molar-refractivity contribution in [3.05, 3.63) is 0 Å². The average molecular weight is 273 g/mol. The molecule has 0 unspecified atom stereocenters. The molecule has 2 fully saturated rings. The van der Waals surface area contributed by atoms with Crippen LogP contribution in [0.4, 0.5) is 9.59 Å². The summed E-state index contributed by atoms with van der Waals surface area (Å²) in [6.07, 6.45) is 0.838. The van der Waals surface area contributed by atoms with E-state index in [1.807, 2.05) is 6.26 Å². The zero-order valence-electron chi connectivity index (χ0n) is 9.63. The minimum atomic E-state index is -1.32. The molecule has 2 rings (SSSR count). The molecule has 0 saturated carbocycles. The SMILES string of the molecule is CSCC[C@H](C(=O)[O-])N1C(=O)N[C@H]2NC(=O)N[C@H]21. The molecule has 3 N–H and O–H groups in total. The van der Waals surface area contributed by atoms with Crippen molar-refractivity contribution in [1.82, 2.24) is 20.9 Å². The maximum Gasteiger partial charge on any atom is 0.321 e. The molecule has 0 bridgehead atoms. The third-order valence-electron chi connectivity index (χ3n) is 2.90. The van der Waals surface area contributed by atoms with Gasteiger partial charge in [-0.1, -0.05) is 0 Å². The molecule has 2 heterocycles. The number of hydrogen-bond acceptors (Lipinski definition) is 5. The summed E-state index contributed by atoms with van der Waals surface area (Å²) in [4.78, 5) is 35.1. The van der Waals surface area contributed by atoms with E-state index >= 15 is 0 Å². The van der Waals surface area contributed by atoms with Crippen LogP contribution >= 0.6 is 11.8 Å². The van der Waals surface area contributed by atoms with Crippen molar-refractivity contribution in [1.29, 1.82) is 0 Å². The molecular weight excluding hydrogens is 260 g/mol. The summed E-state index contributed by atoms with van der Waals surface area (Å²) in [5.41, 5.74) is 0. The molecule has 0 radical (unpaired) electrons. The Bertz CT molecular complexity index is 391. The van der Waals surface area contributed by atoms with Gasteiger partial charge in [0.15, 0.2) is 0 Å². The number of nitrogens with one attached hydrogen (secondary N) is 3. The van der Waals surface area contributed by atoms with Crippen LogP contribution in [0.1, 0.15) is 6.42 Å². The first-order valence-corrected chi connectivity index (χ1v) is 6.79. The number of nitrogens with zero attached hydrogens (tertiary/aromatic N) is 1. The van der Waals surface area contributed by atoms with E-state index in [1.165, 1.54) is 11.8 Å². The van der Waals surface area contributed by atoms with Gasteiger partial charge >= 0.3 is 12.1 Å². The highest BCUT2D eigenvalue weighted by Gasteiger charge is 2.48. The Morgan fingerprint density at radius 2 is 2.17 bits per heavy atom. The number of carboxylic acid groups (broad SMARTS) is 1. The highest BCUT2D eigenvalue weighted by Crippen LogP contribution is 2.19. The third-order valence-corrected chi connectivity index (χ3v) is 3.54. The second kappa shape index (κ2) is 4.92. The number of urea groups is 2. The molecule has 3 atom stereocenters. The van der Waals surface area contributed by atoms with Crippen LogP contribution in [0.2, 0.25) is 0 Å². The number of aliphatic carboxylic acids is 1. The fourth-order valence-corrected chi connectivity index (χ4v) is 2.55. The number of carboxylic acids is 1. The zero-order chi connectivity index (χ0) is 13.3. The summed E-state index contributed by atoms with van der Waals surface area (Å²) in [7, 11) is 0. The molecule has 0 aromatic carbocycles. The maximum absolute atomic E-state index is 11.7. The summed E-state index contributed by atoms with van der Waals surface area (Å²) in [6, 6.07) is -2.00. The van der Waals surface area contributed by atoms with Crippen molar-refractivity contribution in [3.63, 3.8) is 0 Å². The van der Waals surface area contributed by atoms with Crippen molar-refractivity contribution in [2.45, 2.75) is 24.8 Å². The lowest BCUT2D eigenvalue weighted by Gasteiger charge is -2.31. The zero-order valence-corrected chi connectivity index (χ0v) is 10.5. The van der Waals surface area contributed by atoms with E-state index < -0.39 is 36.4 Å². The summed E-state index contributed by atoms with van der Waals surface area (Å²) >= 11 is 1.48. The van der Waals surface area contributed by atoms with Crippen LogP contribution in [0.5, 0.6) is 0 Å². The van der Waals surface area contributed by atoms with E-state index in [1.54, 1.807) is 0 Å². The van der Waals surface area contributed by atoms with Crippen molar-refractivity contribution in [3.8, 4) is 0 Å². The molecule has 2 aliphatic heterocycles. The fraction of sp³-hybridized carbons (Fsp3) is 0.667. The molecule has 0 aromatic heterocycles. The van der Waals surface area contributed by atoms with Crippen LogP contribution in [0.3, 0.4) is 0 Å². The standard InChI is InChI=1S/C9H14N4O4S/c1-18-3-2-4(7(14)15)13-6-5(11-9(13)17)10-8(16)12-6/h4-6H,2-3H2,1H3,(H,11,17)(H,14,15)(H2,10,12,16)/p-1/t4-,5-,6+/m1/s1. The molecule has 18 heavy (non-hydrogen) atoms. The Labute approximate surface area is 107 Å². The van der Waals surface area contributed by atoms with E-state index in [0.29, 0.717) is 5.75 Å². The second-order valence-corrected chi connectivity index (χ2v) is 5.00. The van der Waals surface area contributed by atoms with Gasteiger partial charge < -0.3 is 25.9 Å². The monoisotopic (exact) mass is 273 g/mol. The molecular formula is C9H13N4O4S-. The van der Waals surface area contributed by atoms with Gasteiger partial charge in [0, 0.05) is 0 Å². The number of thioether (sulfide) groups is 1. The maximum atomic E-state index is 11.7. The van der Waals surface area contributed by atoms with Gasteiger partial charge in [-0.05, 0) is 18.4 Å². The van der Waals surface area contributed by atoms with E-state index in [9.17, 15) is 19.5 Å². The molecule has 100 valence electrons. The van der Waals surface area contributed by atoms with Gasteiger partial charge in [-0.25, -0.2) is 9.59 Å². The van der Waals surface area contributed by atoms with Gasteiger partial charge in [-0.3, -0.25) is 4.90 Å². The Morgan fingerprint density at radius 1 is 1.44 bits per heavy atom. The molecule has 8 nitrogen and oxygen atoms in total. The lowest BCUT2D eigenvalue weighted by molar-refractivity contribution is -0.311. The molecule has 0 aromatic rings. The van der Waals surface area contributed by atoms with Crippen molar-refractivity contribution >= 4 is 29.8 Å². The quantitative estimate of drug-likeness (QED) is 0.528. The van der Waals surface area contributed by atoms with Crippen LogP contribution in [0, 0.1) is 0 Å². The van der Waals surface area contributed by atoms with Gasteiger partial charge in [0.25, 0.3) is 0 Å². The number of carbonyl (C=O) groups excluding carboxylic acids is 3. The van der Waals surface area contributed by atoms with Crippen LogP contribution in [0.25, 0.3) is 0 Å². The fourth-order valence-electron chi connectivity index (χ4n) is 2.09. The first-order chi connectivity index (χ1) is 8.54. The first kappa shape index (κ1) is 12.8. The number of amides is 4. The van der Waals surface area contributed by atoms with Gasteiger partial charge in [0.2, 0.25) is 0 Å². The van der Waals surface area contributed by atoms with Gasteiger partial charge in [0.05, 0.1) is 12.0 Å². The smallest absolute Gasteiger partial charge is 0.321 e. The molecule has 4 amide bonds. The first-order valence-electron chi connectivity index (χ1n) is 5.40. The summed E-state index contributed by atoms with van der Waals surface area (Å²) < 4.78 is 0. The van der Waals surface area contributed by atoms with Crippen molar-refractivity contribution < 1.29 is 19.5 Å². The Balaban J connectivity index is 2.15. The third kappa shape index (κ3) is 2.17. The highest BCUT2D eigenvalue weighted by atomic mass is 32.2. The number of hydrogen-bond donors (Lipinski definition) is 3. The van der Waals surface area contributed by atoms with Crippen LogP contribution in [-0.2, 0) is 4.79 Å². The van der Waals surface area contributed by atoms with Crippen molar-refractivity contribution in [2.75, 3.05) is 12.0 Å². The van der Waals surface area contributed by atoms with Crippen LogP contribution in [0.15, 0.2) is 0 Å². The predicted molar refractivity (Wildman–Crippen MR) is 61.4 cm³/mol. The van der Waals surface area contributed by atoms with E-state index in [-0.39, 0.29) is 6.42 Å². The average Bonchev–Trinajstić information content (AvgIpc) is 2.76. The predicted octanol–water partition coefficient (Wildman–Crippen LogP) is -2.15. The Morgan fingerprint density at radius 3 is 2.78 bits per heavy atom. The Hall–Kier alpha value is -1.64. The molecule has 2 saturated heterocycles. The van der Waals surface area contributed by atoms with Crippen LogP contribution in [-0.4, -0.2) is 53.3 Å². The number of fused-ring (bicyclic) bond motifs is 1. The molecule has 0 aliphatic carbocycles. The molecule has 2 aliphatic rings. The highest BCUT2D eigenvalue weighted by molar-refractivity contribution is 7.98. The molecule has 9 heteroatoms. The summed E-state index contributed by atoms with van der Waals surface area (Å²) in [5, 5.41) is 18.6. The van der Waals surface area contributed by atoms with E-state index in [4.69, 9.17) is 0 Å². The van der Waals surface area contributed by atoms with E-state index in [2.05, 4.69) is 16.0 Å². The minimum absolute atomic E-state index is 0.274. The second-order valence-electron chi connectivity index (χ2n) is 4.01. The summed E-state index contributed by atoms with van der Waals surface area (Å²) in [6.45, 7) is 0. The van der Waals surface area contributed by atoms with Gasteiger partial charge in [-0.15, -0.1) is 0 Å². The number of rotatable bonds is 5. The van der Waals surface area contributed by atoms with Crippen LogP contribution < -0.4 is 21.1 Å². The topological polar surface area (TPSA) is 114 Å². The molecule has 0 spiro atoms. The van der Waals surface area contributed by atoms with Crippen molar-refractivity contribution in [2.24, 2.45) is 0 Å². The largest absolute Gasteiger partial charge is 0.548 e. The minimum Gasteiger partial charge on any atom is -0.548 e. The van der Waals surface area contributed by atoms with Gasteiger partial charge in [0.1, 0.15) is 12.3 Å². The summed E-state index contributed by atoms with van der Waals surface area (Å²) in [5.74, 6) is -0.734. The lowest BCUT2D eigenvalue weighted by atomic mass is 10.2. The Kier molecular flexibility index (Phi) is 3.50. The van der Waals surface area contributed by atoms with E-state index in [0.717, 1.165) is 4.90 Å². The lowest BCUT2D eigenvalue weighted by Crippen LogP contribution is -2.55. The number of carbonyl (C=O) groups is 3. The van der Waals surface area contributed by atoms with Gasteiger partial charge in [-0.2, -0.15) is 11.8 Å².